The summed E-state index contributed by atoms with van der Waals surface area (Å²) in [5, 5.41) is 21.9. The highest BCUT2D eigenvalue weighted by Crippen LogP contribution is 2.32. The lowest BCUT2D eigenvalue weighted by Crippen LogP contribution is -2.34. The van der Waals surface area contributed by atoms with E-state index in [1.807, 2.05) is 0 Å². The molecule has 9 heteroatoms. The molecule has 1 atom stereocenters. The molecule has 21 heavy (non-hydrogen) atoms. The summed E-state index contributed by atoms with van der Waals surface area (Å²) in [6, 6.07) is 1.76. The second-order valence-electron chi connectivity index (χ2n) is 5.23. The number of carboxylic acids is 1. The SMILES string of the molecule is CC1(C(=O)O)CCN(C(=O)c2sccc2-n2cnnn2)C1. The summed E-state index contributed by atoms with van der Waals surface area (Å²) < 4.78 is 1.43. The van der Waals surface area contributed by atoms with Gasteiger partial charge < -0.3 is 10.0 Å². The Bertz CT molecular complexity index is 683. The summed E-state index contributed by atoms with van der Waals surface area (Å²) >= 11 is 1.30. The van der Waals surface area contributed by atoms with E-state index in [4.69, 9.17) is 0 Å². The van der Waals surface area contributed by atoms with Gasteiger partial charge in [0.2, 0.25) is 0 Å². The Kier molecular flexibility index (Phi) is 3.20. The second kappa shape index (κ2) is 4.92. The van der Waals surface area contributed by atoms with Crippen LogP contribution in [0.2, 0.25) is 0 Å². The van der Waals surface area contributed by atoms with Gasteiger partial charge in [-0.05, 0) is 35.2 Å². The molecule has 3 heterocycles. The van der Waals surface area contributed by atoms with Crippen molar-refractivity contribution in [3.05, 3.63) is 22.7 Å². The first kappa shape index (κ1) is 13.7. The number of hydrogen-bond donors (Lipinski definition) is 1. The van der Waals surface area contributed by atoms with Crippen molar-refractivity contribution in [1.82, 2.24) is 25.1 Å². The number of likely N-dealkylation sites (tertiary alicyclic amines) is 1. The number of tetrazole rings is 1. The molecular formula is C12H13N5O3S. The van der Waals surface area contributed by atoms with E-state index in [1.165, 1.54) is 22.3 Å². The van der Waals surface area contributed by atoms with Gasteiger partial charge in [0.1, 0.15) is 11.2 Å². The number of nitrogens with zero attached hydrogens (tertiary/aromatic N) is 5. The molecule has 1 N–H and O–H groups in total. The van der Waals surface area contributed by atoms with Crippen LogP contribution in [0.4, 0.5) is 0 Å². The molecule has 1 saturated heterocycles. The number of carbonyl (C=O) groups excluding carboxylic acids is 1. The maximum Gasteiger partial charge on any atom is 0.311 e. The van der Waals surface area contributed by atoms with Crippen LogP contribution in [0.1, 0.15) is 23.0 Å². The van der Waals surface area contributed by atoms with Gasteiger partial charge in [0.05, 0.1) is 11.1 Å². The van der Waals surface area contributed by atoms with Crippen molar-refractivity contribution in [1.29, 1.82) is 0 Å². The summed E-state index contributed by atoms with van der Waals surface area (Å²) in [5.41, 5.74) is -0.263. The third-order valence-electron chi connectivity index (χ3n) is 3.71. The van der Waals surface area contributed by atoms with Gasteiger partial charge in [-0.3, -0.25) is 9.59 Å². The minimum Gasteiger partial charge on any atom is -0.481 e. The minimum atomic E-state index is -0.873. The van der Waals surface area contributed by atoms with Crippen molar-refractivity contribution >= 4 is 23.2 Å². The quantitative estimate of drug-likeness (QED) is 0.894. The molecule has 1 fully saturated rings. The van der Waals surface area contributed by atoms with E-state index >= 15 is 0 Å². The first-order valence-electron chi connectivity index (χ1n) is 6.35. The van der Waals surface area contributed by atoms with Crippen molar-refractivity contribution < 1.29 is 14.7 Å². The van der Waals surface area contributed by atoms with Crippen molar-refractivity contribution in [3.63, 3.8) is 0 Å². The molecule has 0 bridgehead atoms. The van der Waals surface area contributed by atoms with Crippen molar-refractivity contribution in [2.24, 2.45) is 5.41 Å². The maximum atomic E-state index is 12.6. The van der Waals surface area contributed by atoms with Crippen LogP contribution in [-0.2, 0) is 4.79 Å². The number of aromatic nitrogens is 4. The molecule has 0 aromatic carbocycles. The predicted molar refractivity (Wildman–Crippen MR) is 73.3 cm³/mol. The van der Waals surface area contributed by atoms with E-state index in [-0.39, 0.29) is 12.5 Å². The van der Waals surface area contributed by atoms with Crippen LogP contribution in [-0.4, -0.2) is 55.2 Å². The lowest BCUT2D eigenvalue weighted by molar-refractivity contribution is -0.147. The normalized spacial score (nSPS) is 21.7. The van der Waals surface area contributed by atoms with Gasteiger partial charge in [0, 0.05) is 13.1 Å². The summed E-state index contributed by atoms with van der Waals surface area (Å²) in [5.74, 6) is -1.05. The van der Waals surface area contributed by atoms with Crippen LogP contribution in [0.25, 0.3) is 5.69 Å². The fourth-order valence-corrected chi connectivity index (χ4v) is 3.21. The second-order valence-corrected chi connectivity index (χ2v) is 6.15. The fraction of sp³-hybridized carbons (Fsp3) is 0.417. The zero-order valence-electron chi connectivity index (χ0n) is 11.3. The third-order valence-corrected chi connectivity index (χ3v) is 4.60. The lowest BCUT2D eigenvalue weighted by atomic mass is 9.90. The summed E-state index contributed by atoms with van der Waals surface area (Å²) in [7, 11) is 0. The highest BCUT2D eigenvalue weighted by atomic mass is 32.1. The van der Waals surface area contributed by atoms with Crippen LogP contribution < -0.4 is 0 Å². The van der Waals surface area contributed by atoms with Gasteiger partial charge >= 0.3 is 5.97 Å². The Morgan fingerprint density at radius 2 is 2.29 bits per heavy atom. The molecule has 1 aliphatic rings. The summed E-state index contributed by atoms with van der Waals surface area (Å²) in [6.45, 7) is 2.32. The van der Waals surface area contributed by atoms with Gasteiger partial charge in [-0.1, -0.05) is 0 Å². The monoisotopic (exact) mass is 307 g/mol. The van der Waals surface area contributed by atoms with Crippen LogP contribution in [0.3, 0.4) is 0 Å². The van der Waals surface area contributed by atoms with Gasteiger partial charge in [-0.25, -0.2) is 0 Å². The molecular weight excluding hydrogens is 294 g/mol. The van der Waals surface area contributed by atoms with Crippen molar-refractivity contribution in [2.45, 2.75) is 13.3 Å². The first-order chi connectivity index (χ1) is 10.0. The van der Waals surface area contributed by atoms with E-state index in [0.29, 0.717) is 23.5 Å². The lowest BCUT2D eigenvalue weighted by Gasteiger charge is -2.20. The van der Waals surface area contributed by atoms with Gasteiger partial charge in [-0.2, -0.15) is 4.68 Å². The van der Waals surface area contributed by atoms with Crippen molar-refractivity contribution in [3.8, 4) is 5.69 Å². The van der Waals surface area contributed by atoms with Crippen molar-refractivity contribution in [2.75, 3.05) is 13.1 Å². The number of carbonyl (C=O) groups is 2. The molecule has 110 valence electrons. The van der Waals surface area contributed by atoms with E-state index in [9.17, 15) is 14.7 Å². The molecule has 8 nitrogen and oxygen atoms in total. The Balaban J connectivity index is 1.85. The van der Waals surface area contributed by atoms with Crippen LogP contribution in [0, 0.1) is 5.41 Å². The number of rotatable bonds is 3. The van der Waals surface area contributed by atoms with Crippen LogP contribution in [0.15, 0.2) is 17.8 Å². The number of carboxylic acid groups (broad SMARTS) is 1. The van der Waals surface area contributed by atoms with Gasteiger partial charge in [-0.15, -0.1) is 16.4 Å². The first-order valence-corrected chi connectivity index (χ1v) is 7.23. The minimum absolute atomic E-state index is 0.180. The molecule has 0 radical (unpaired) electrons. The van der Waals surface area contributed by atoms with E-state index in [2.05, 4.69) is 15.5 Å². The molecule has 1 unspecified atom stereocenters. The molecule has 0 aliphatic carbocycles. The average molecular weight is 307 g/mol. The predicted octanol–water partition coefficient (Wildman–Crippen LogP) is 0.661. The zero-order chi connectivity index (χ0) is 15.0. The molecule has 2 aromatic heterocycles. The third kappa shape index (κ3) is 2.29. The number of hydrogen-bond acceptors (Lipinski definition) is 6. The Hall–Kier alpha value is -2.29. The summed E-state index contributed by atoms with van der Waals surface area (Å²) in [4.78, 5) is 25.9. The maximum absolute atomic E-state index is 12.6. The average Bonchev–Trinajstić information content (AvgIpc) is 3.18. The van der Waals surface area contributed by atoms with E-state index in [1.54, 1.807) is 23.3 Å². The van der Waals surface area contributed by atoms with Gasteiger partial charge in [0.25, 0.3) is 5.91 Å². The van der Waals surface area contributed by atoms with Crippen LogP contribution in [0.5, 0.6) is 0 Å². The van der Waals surface area contributed by atoms with Gasteiger partial charge in [0.15, 0.2) is 0 Å². The highest BCUT2D eigenvalue weighted by Gasteiger charge is 2.42. The fourth-order valence-electron chi connectivity index (χ4n) is 2.37. The van der Waals surface area contributed by atoms with E-state index < -0.39 is 11.4 Å². The zero-order valence-corrected chi connectivity index (χ0v) is 12.1. The standard InChI is InChI=1S/C12H13N5O3S/c1-12(11(19)20)3-4-16(6-12)10(18)9-8(2-5-21-9)17-7-13-14-15-17/h2,5,7H,3-4,6H2,1H3,(H,19,20). The summed E-state index contributed by atoms with van der Waals surface area (Å²) in [6.07, 6.45) is 1.88. The number of aliphatic carboxylic acids is 1. The topological polar surface area (TPSA) is 101 Å². The van der Waals surface area contributed by atoms with Crippen LogP contribution >= 0.6 is 11.3 Å². The molecule has 0 spiro atoms. The smallest absolute Gasteiger partial charge is 0.311 e. The molecule has 3 rings (SSSR count). The molecule has 2 aromatic rings. The van der Waals surface area contributed by atoms with E-state index in [0.717, 1.165) is 0 Å². The Morgan fingerprint density at radius 3 is 2.90 bits per heavy atom. The molecule has 0 saturated carbocycles. The number of thiophene rings is 1. The number of amides is 1. The highest BCUT2D eigenvalue weighted by molar-refractivity contribution is 7.12. The Labute approximate surface area is 124 Å². The Morgan fingerprint density at radius 1 is 1.48 bits per heavy atom. The molecule has 1 aliphatic heterocycles. The molecule has 1 amide bonds. The largest absolute Gasteiger partial charge is 0.481 e.